The van der Waals surface area contributed by atoms with Crippen LogP contribution >= 0.6 is 0 Å². The van der Waals surface area contributed by atoms with Crippen molar-refractivity contribution in [2.24, 2.45) is 40.4 Å². The Morgan fingerprint density at radius 2 is 2.03 bits per heavy atom. The lowest BCUT2D eigenvalue weighted by atomic mass is 9.47. The van der Waals surface area contributed by atoms with Crippen molar-refractivity contribution in [3.05, 3.63) is 23.8 Å². The van der Waals surface area contributed by atoms with Crippen molar-refractivity contribution in [3.63, 3.8) is 0 Å². The zero-order chi connectivity index (χ0) is 23.3. The molecular weight excluding hydrogens is 403 g/mol. The maximum Gasteiger partial charge on any atom is 0.309 e. The molecule has 174 valence electrons. The number of fused-ring (bicyclic) bond motifs is 5. The van der Waals surface area contributed by atoms with Gasteiger partial charge >= 0.3 is 5.97 Å². The van der Waals surface area contributed by atoms with Crippen LogP contribution in [0.1, 0.15) is 65.7 Å². The molecule has 0 aromatic heterocycles. The molecular formula is C26H37BO5. The van der Waals surface area contributed by atoms with Crippen LogP contribution in [0.25, 0.3) is 0 Å². The van der Waals surface area contributed by atoms with Gasteiger partial charge in [-0.3, -0.25) is 9.59 Å². The normalized spacial score (nSPS) is 42.5. The van der Waals surface area contributed by atoms with E-state index in [2.05, 4.69) is 20.8 Å². The first-order valence-electron chi connectivity index (χ1n) is 12.4. The molecule has 0 aromatic carbocycles. The molecule has 0 aromatic rings. The third kappa shape index (κ3) is 3.83. The van der Waals surface area contributed by atoms with Crippen molar-refractivity contribution in [1.29, 1.82) is 0 Å². The van der Waals surface area contributed by atoms with Crippen molar-refractivity contribution < 1.29 is 24.2 Å². The molecule has 0 spiro atoms. The Morgan fingerprint density at radius 1 is 1.28 bits per heavy atom. The number of rotatable bonds is 6. The van der Waals surface area contributed by atoms with E-state index in [1.54, 1.807) is 20.0 Å². The van der Waals surface area contributed by atoms with Crippen molar-refractivity contribution in [2.45, 2.75) is 71.8 Å². The molecule has 3 saturated carbocycles. The number of carbonyl (C=O) groups excluding carboxylic acids is 3. The van der Waals surface area contributed by atoms with Crippen molar-refractivity contribution in [2.75, 3.05) is 6.61 Å². The SMILES string of the molecule is BC(=O)CCCCOC(=O)[C@H]1[C@H](C)CC2C3CCC4=CC(=O)C=CC4(C)C3[C@@H](O)CC21C. The van der Waals surface area contributed by atoms with Gasteiger partial charge in [0.2, 0.25) is 0 Å². The smallest absolute Gasteiger partial charge is 0.309 e. The molecule has 5 unspecified atom stereocenters. The fourth-order valence-corrected chi connectivity index (χ4v) is 7.93. The Morgan fingerprint density at radius 3 is 2.75 bits per heavy atom. The Kier molecular flexibility index (Phi) is 6.30. The second kappa shape index (κ2) is 8.59. The quantitative estimate of drug-likeness (QED) is 0.390. The number of aliphatic hydroxyl groups is 1. The van der Waals surface area contributed by atoms with Gasteiger partial charge in [0.1, 0.15) is 0 Å². The lowest BCUT2D eigenvalue weighted by Gasteiger charge is -2.58. The number of aliphatic hydroxyl groups excluding tert-OH is 1. The second-order valence-electron chi connectivity index (χ2n) is 11.3. The summed E-state index contributed by atoms with van der Waals surface area (Å²) in [4.78, 5) is 36.3. The molecule has 4 aliphatic carbocycles. The minimum atomic E-state index is -0.510. The van der Waals surface area contributed by atoms with E-state index in [9.17, 15) is 19.5 Å². The minimum absolute atomic E-state index is 0.0478. The number of allylic oxidation sites excluding steroid dienone is 4. The summed E-state index contributed by atoms with van der Waals surface area (Å²) in [5.41, 5.74) is 0.762. The summed E-state index contributed by atoms with van der Waals surface area (Å²) in [6.07, 6.45) is 10.4. The van der Waals surface area contributed by atoms with Crippen LogP contribution in [-0.4, -0.2) is 43.1 Å². The van der Waals surface area contributed by atoms with E-state index in [1.165, 1.54) is 0 Å². The average molecular weight is 440 g/mol. The highest BCUT2D eigenvalue weighted by Gasteiger charge is 2.64. The molecule has 4 rings (SSSR count). The van der Waals surface area contributed by atoms with E-state index in [0.29, 0.717) is 37.7 Å². The van der Waals surface area contributed by atoms with Gasteiger partial charge in [0.25, 0.3) is 0 Å². The number of ether oxygens (including phenoxy) is 1. The first-order chi connectivity index (χ1) is 15.1. The third-order valence-corrected chi connectivity index (χ3v) is 9.26. The van der Waals surface area contributed by atoms with E-state index < -0.39 is 6.10 Å². The van der Waals surface area contributed by atoms with E-state index in [1.807, 2.05) is 6.08 Å². The maximum atomic E-state index is 13.2. The topological polar surface area (TPSA) is 80.7 Å². The summed E-state index contributed by atoms with van der Waals surface area (Å²) in [7, 11) is 1.58. The van der Waals surface area contributed by atoms with Gasteiger partial charge in [-0.2, -0.15) is 0 Å². The van der Waals surface area contributed by atoms with E-state index in [4.69, 9.17) is 4.74 Å². The first-order valence-corrected chi connectivity index (χ1v) is 12.4. The first kappa shape index (κ1) is 23.5. The highest BCUT2D eigenvalue weighted by molar-refractivity contribution is 6.57. The Balaban J connectivity index is 1.51. The van der Waals surface area contributed by atoms with E-state index in [-0.39, 0.29) is 46.0 Å². The van der Waals surface area contributed by atoms with Gasteiger partial charge in [0.05, 0.1) is 24.3 Å². The zero-order valence-corrected chi connectivity index (χ0v) is 19.9. The Labute approximate surface area is 192 Å². The summed E-state index contributed by atoms with van der Waals surface area (Å²) in [5, 5.41) is 11.4. The van der Waals surface area contributed by atoms with Crippen LogP contribution in [0, 0.1) is 40.4 Å². The molecule has 0 radical (unpaired) electrons. The van der Waals surface area contributed by atoms with E-state index in [0.717, 1.165) is 31.3 Å². The number of hydrogen-bond acceptors (Lipinski definition) is 5. The number of ketones is 1. The predicted molar refractivity (Wildman–Crippen MR) is 124 cm³/mol. The zero-order valence-electron chi connectivity index (χ0n) is 19.9. The maximum absolute atomic E-state index is 13.2. The number of hydrogen-bond donors (Lipinski definition) is 1. The van der Waals surface area contributed by atoms with Crippen molar-refractivity contribution >= 4 is 25.3 Å². The van der Waals surface area contributed by atoms with Crippen LogP contribution in [0.4, 0.5) is 0 Å². The van der Waals surface area contributed by atoms with Crippen molar-refractivity contribution in [1.82, 2.24) is 0 Å². The lowest BCUT2D eigenvalue weighted by molar-refractivity contribution is -0.162. The number of esters is 1. The number of unbranched alkanes of at least 4 members (excludes halogenated alkanes) is 1. The van der Waals surface area contributed by atoms with Crippen LogP contribution in [0.15, 0.2) is 23.8 Å². The highest BCUT2D eigenvalue weighted by Crippen LogP contribution is 2.67. The average Bonchev–Trinajstić information content (AvgIpc) is 2.97. The molecule has 1 N–H and O–H groups in total. The van der Waals surface area contributed by atoms with Gasteiger partial charge in [0.15, 0.2) is 13.6 Å². The van der Waals surface area contributed by atoms with Gasteiger partial charge in [-0.15, -0.1) is 0 Å². The standard InChI is InChI=1S/C26H37BO5/c1-15-12-19-18-8-7-16-13-17(28)9-10-25(16,2)23(18)20(29)14-26(19,3)22(15)24(31)32-11-5-4-6-21(27)30/h9-10,13,15,18-20,22-23,29H,4-8,11-12,14,27H2,1-3H3/t15-,18?,19?,20+,22-,23?,25?,26?/m1/s1. The Hall–Kier alpha value is -1.69. The van der Waals surface area contributed by atoms with E-state index >= 15 is 0 Å². The molecule has 3 fully saturated rings. The summed E-state index contributed by atoms with van der Waals surface area (Å²) in [6.45, 7) is 6.88. The third-order valence-electron chi connectivity index (χ3n) is 9.26. The molecule has 4 aliphatic rings. The largest absolute Gasteiger partial charge is 0.465 e. The summed E-state index contributed by atoms with van der Waals surface area (Å²) in [6, 6.07) is 0. The van der Waals surface area contributed by atoms with Gasteiger partial charge in [-0.25, -0.2) is 0 Å². The molecule has 0 saturated heterocycles. The monoisotopic (exact) mass is 440 g/mol. The number of carbonyl (C=O) groups is 3. The van der Waals surface area contributed by atoms with Crippen LogP contribution in [-0.2, 0) is 19.1 Å². The Bertz CT molecular complexity index is 862. The summed E-state index contributed by atoms with van der Waals surface area (Å²) in [5.74, 6) is 0.704. The molecule has 8 atom stereocenters. The van der Waals surface area contributed by atoms with Crippen molar-refractivity contribution in [3.8, 4) is 0 Å². The predicted octanol–water partition coefficient (Wildman–Crippen LogP) is 3.00. The molecule has 0 aliphatic heterocycles. The van der Waals surface area contributed by atoms with Gasteiger partial charge < -0.3 is 14.6 Å². The highest BCUT2D eigenvalue weighted by atomic mass is 16.5. The van der Waals surface area contributed by atoms with Crippen LogP contribution in [0.5, 0.6) is 0 Å². The fourth-order valence-electron chi connectivity index (χ4n) is 7.93. The van der Waals surface area contributed by atoms with Crippen LogP contribution in [0.2, 0.25) is 0 Å². The second-order valence-corrected chi connectivity index (χ2v) is 11.3. The van der Waals surface area contributed by atoms with Crippen LogP contribution < -0.4 is 0 Å². The van der Waals surface area contributed by atoms with Gasteiger partial charge in [-0.1, -0.05) is 32.4 Å². The van der Waals surface area contributed by atoms with Crippen LogP contribution in [0.3, 0.4) is 0 Å². The molecule has 0 bridgehead atoms. The fraction of sp³-hybridized carbons (Fsp3) is 0.731. The molecule has 32 heavy (non-hydrogen) atoms. The lowest BCUT2D eigenvalue weighted by Crippen LogP contribution is -2.56. The minimum Gasteiger partial charge on any atom is -0.465 e. The van der Waals surface area contributed by atoms with Gasteiger partial charge in [-0.05, 0) is 80.3 Å². The van der Waals surface area contributed by atoms with Gasteiger partial charge in [0, 0.05) is 11.3 Å². The molecule has 6 heteroatoms. The molecule has 0 amide bonds. The summed E-state index contributed by atoms with van der Waals surface area (Å²) >= 11 is 0. The molecule has 0 heterocycles. The molecule has 5 nitrogen and oxygen atoms in total. The summed E-state index contributed by atoms with van der Waals surface area (Å²) < 4.78 is 5.69.